The van der Waals surface area contributed by atoms with Gasteiger partial charge in [-0.05, 0) is 13.8 Å². The van der Waals surface area contributed by atoms with Crippen LogP contribution in [0.1, 0.15) is 12.7 Å². The third-order valence-corrected chi connectivity index (χ3v) is 4.63. The van der Waals surface area contributed by atoms with Crippen molar-refractivity contribution in [2.45, 2.75) is 24.9 Å². The van der Waals surface area contributed by atoms with Crippen LogP contribution in [0, 0.1) is 6.92 Å². The second kappa shape index (κ2) is 4.15. The summed E-state index contributed by atoms with van der Waals surface area (Å²) in [5, 5.41) is 3.34. The van der Waals surface area contributed by atoms with Crippen LogP contribution in [0.5, 0.6) is 0 Å². The molecule has 0 unspecified atom stereocenters. The van der Waals surface area contributed by atoms with Crippen LogP contribution >= 0.6 is 0 Å². The molecule has 1 atom stereocenters. The fourth-order valence-electron chi connectivity index (χ4n) is 1.84. The summed E-state index contributed by atoms with van der Waals surface area (Å²) in [6.45, 7) is 5.51. The van der Waals surface area contributed by atoms with E-state index in [0.29, 0.717) is 25.5 Å². The Morgan fingerprint density at radius 1 is 1.56 bits per heavy atom. The van der Waals surface area contributed by atoms with Crippen molar-refractivity contribution in [1.82, 2.24) is 19.6 Å². The summed E-state index contributed by atoms with van der Waals surface area (Å²) in [7, 11) is -3.42. The van der Waals surface area contributed by atoms with Gasteiger partial charge < -0.3 is 10.3 Å². The maximum Gasteiger partial charge on any atom is 0.260 e. The average Bonchev–Trinajstić information content (AvgIpc) is 2.66. The predicted molar refractivity (Wildman–Crippen MR) is 59.5 cm³/mol. The summed E-state index contributed by atoms with van der Waals surface area (Å²) in [5.41, 5.74) is 0. The number of aromatic amines is 1. The molecule has 0 aromatic carbocycles. The first kappa shape index (κ1) is 11.6. The standard InChI is InChI=1S/C9H16N4O2S/c1-7-5-10-3-4-13(7)16(14,15)9-6-11-8(2)12-9/h6-7,10H,3-5H2,1-2H3,(H,11,12)/t7-/m1/s1. The molecule has 0 spiro atoms. The summed E-state index contributed by atoms with van der Waals surface area (Å²) in [4.78, 5) is 6.70. The van der Waals surface area contributed by atoms with Crippen molar-refractivity contribution in [2.75, 3.05) is 19.6 Å². The highest BCUT2D eigenvalue weighted by Crippen LogP contribution is 2.17. The lowest BCUT2D eigenvalue weighted by Gasteiger charge is -2.32. The molecule has 0 aliphatic carbocycles. The molecule has 2 rings (SSSR count). The monoisotopic (exact) mass is 244 g/mol. The Kier molecular flexibility index (Phi) is 3.00. The van der Waals surface area contributed by atoms with E-state index in [-0.39, 0.29) is 11.1 Å². The number of aryl methyl sites for hydroxylation is 1. The first-order chi connectivity index (χ1) is 7.51. The first-order valence-corrected chi connectivity index (χ1v) is 6.70. The average molecular weight is 244 g/mol. The van der Waals surface area contributed by atoms with E-state index in [9.17, 15) is 8.42 Å². The molecule has 6 nitrogen and oxygen atoms in total. The molecular weight excluding hydrogens is 228 g/mol. The number of nitrogens with one attached hydrogen (secondary N) is 2. The molecule has 0 radical (unpaired) electrons. The lowest BCUT2D eigenvalue weighted by Crippen LogP contribution is -2.52. The van der Waals surface area contributed by atoms with Crippen molar-refractivity contribution >= 4 is 10.0 Å². The van der Waals surface area contributed by atoms with Crippen molar-refractivity contribution < 1.29 is 8.42 Å². The van der Waals surface area contributed by atoms with Gasteiger partial charge in [0.1, 0.15) is 5.82 Å². The number of piperazine rings is 1. The second-order valence-electron chi connectivity index (χ2n) is 4.00. The minimum Gasteiger partial charge on any atom is -0.332 e. The molecule has 90 valence electrons. The fourth-order valence-corrected chi connectivity index (χ4v) is 3.43. The van der Waals surface area contributed by atoms with E-state index in [1.54, 1.807) is 6.92 Å². The van der Waals surface area contributed by atoms with Crippen LogP contribution < -0.4 is 5.32 Å². The van der Waals surface area contributed by atoms with Crippen LogP contribution in [0.4, 0.5) is 0 Å². The minimum atomic E-state index is -3.42. The first-order valence-electron chi connectivity index (χ1n) is 5.26. The number of hydrogen-bond donors (Lipinski definition) is 2. The molecule has 1 aromatic rings. The van der Waals surface area contributed by atoms with Gasteiger partial charge >= 0.3 is 0 Å². The molecule has 1 fully saturated rings. The van der Waals surface area contributed by atoms with Gasteiger partial charge in [0.15, 0.2) is 5.03 Å². The molecule has 2 heterocycles. The van der Waals surface area contributed by atoms with Crippen molar-refractivity contribution in [3.63, 3.8) is 0 Å². The van der Waals surface area contributed by atoms with Gasteiger partial charge in [-0.25, -0.2) is 13.4 Å². The number of aromatic nitrogens is 2. The van der Waals surface area contributed by atoms with E-state index in [1.165, 1.54) is 10.5 Å². The highest BCUT2D eigenvalue weighted by Gasteiger charge is 2.31. The summed E-state index contributed by atoms with van der Waals surface area (Å²) < 4.78 is 26.0. The van der Waals surface area contributed by atoms with Crippen LogP contribution in [0.25, 0.3) is 0 Å². The Hall–Kier alpha value is -0.920. The minimum absolute atomic E-state index is 0.0256. The van der Waals surface area contributed by atoms with Crippen molar-refractivity contribution in [1.29, 1.82) is 0 Å². The lowest BCUT2D eigenvalue weighted by molar-refractivity contribution is 0.283. The highest BCUT2D eigenvalue weighted by atomic mass is 32.2. The Morgan fingerprint density at radius 2 is 2.31 bits per heavy atom. The van der Waals surface area contributed by atoms with Gasteiger partial charge in [-0.2, -0.15) is 4.31 Å². The zero-order valence-corrected chi connectivity index (χ0v) is 10.2. The predicted octanol–water partition coefficient (Wildman–Crippen LogP) is -0.299. The Balaban J connectivity index is 2.31. The van der Waals surface area contributed by atoms with Crippen molar-refractivity contribution in [2.24, 2.45) is 0 Å². The smallest absolute Gasteiger partial charge is 0.260 e. The molecule has 16 heavy (non-hydrogen) atoms. The van der Waals surface area contributed by atoms with E-state index in [1.807, 2.05) is 6.92 Å². The number of H-pyrrole nitrogens is 1. The van der Waals surface area contributed by atoms with E-state index < -0.39 is 10.0 Å². The Morgan fingerprint density at radius 3 is 2.88 bits per heavy atom. The zero-order chi connectivity index (χ0) is 11.8. The van der Waals surface area contributed by atoms with Gasteiger partial charge in [0.25, 0.3) is 10.0 Å². The third-order valence-electron chi connectivity index (χ3n) is 2.71. The molecule has 2 N–H and O–H groups in total. The van der Waals surface area contributed by atoms with E-state index in [2.05, 4.69) is 15.3 Å². The quantitative estimate of drug-likeness (QED) is 0.749. The Labute approximate surface area is 95.1 Å². The van der Waals surface area contributed by atoms with Crippen LogP contribution in [-0.2, 0) is 10.0 Å². The normalized spacial score (nSPS) is 23.5. The van der Waals surface area contributed by atoms with Crippen molar-refractivity contribution in [3.05, 3.63) is 12.0 Å². The van der Waals surface area contributed by atoms with Gasteiger partial charge in [-0.3, -0.25) is 0 Å². The van der Waals surface area contributed by atoms with Gasteiger partial charge in [-0.15, -0.1) is 0 Å². The summed E-state index contributed by atoms with van der Waals surface area (Å²) in [5.74, 6) is 0.612. The van der Waals surface area contributed by atoms with Crippen LogP contribution in [0.2, 0.25) is 0 Å². The molecule has 1 saturated heterocycles. The lowest BCUT2D eigenvalue weighted by atomic mass is 10.3. The third kappa shape index (κ3) is 1.98. The van der Waals surface area contributed by atoms with Crippen molar-refractivity contribution in [3.8, 4) is 0 Å². The summed E-state index contributed by atoms with van der Waals surface area (Å²) in [6, 6.07) is -0.0256. The summed E-state index contributed by atoms with van der Waals surface area (Å²) >= 11 is 0. The molecule has 0 bridgehead atoms. The molecule has 7 heteroatoms. The summed E-state index contributed by atoms with van der Waals surface area (Å²) in [6.07, 6.45) is 1.37. The molecular formula is C9H16N4O2S. The molecule has 1 aliphatic rings. The Bertz CT molecular complexity index is 468. The van der Waals surface area contributed by atoms with Gasteiger partial charge in [-0.1, -0.05) is 0 Å². The second-order valence-corrected chi connectivity index (χ2v) is 5.86. The van der Waals surface area contributed by atoms with Gasteiger partial charge in [0, 0.05) is 25.7 Å². The van der Waals surface area contributed by atoms with Gasteiger partial charge in [0.05, 0.1) is 6.20 Å². The molecule has 1 aromatic heterocycles. The number of rotatable bonds is 2. The maximum absolute atomic E-state index is 12.2. The fraction of sp³-hybridized carbons (Fsp3) is 0.667. The molecule has 0 saturated carbocycles. The molecule has 1 aliphatic heterocycles. The number of imidazole rings is 1. The van der Waals surface area contributed by atoms with Crippen LogP contribution in [-0.4, -0.2) is 48.4 Å². The highest BCUT2D eigenvalue weighted by molar-refractivity contribution is 7.89. The topological polar surface area (TPSA) is 78.1 Å². The van der Waals surface area contributed by atoms with E-state index in [0.717, 1.165) is 0 Å². The van der Waals surface area contributed by atoms with Crippen LogP contribution in [0.15, 0.2) is 11.2 Å². The number of hydrogen-bond acceptors (Lipinski definition) is 4. The SMILES string of the molecule is Cc1ncc(S(=O)(=O)N2CCNC[C@H]2C)[nH]1. The van der Waals surface area contributed by atoms with E-state index in [4.69, 9.17) is 0 Å². The van der Waals surface area contributed by atoms with Crippen LogP contribution in [0.3, 0.4) is 0 Å². The number of nitrogens with zero attached hydrogens (tertiary/aromatic N) is 2. The zero-order valence-electron chi connectivity index (χ0n) is 9.40. The maximum atomic E-state index is 12.2. The largest absolute Gasteiger partial charge is 0.332 e. The van der Waals surface area contributed by atoms with Gasteiger partial charge in [0.2, 0.25) is 0 Å². The molecule has 0 amide bonds. The van der Waals surface area contributed by atoms with E-state index >= 15 is 0 Å². The number of sulfonamides is 1.